The molecule has 0 aliphatic rings. The number of rotatable bonds is 6. The first-order chi connectivity index (χ1) is 11.0. The molecule has 0 aliphatic heterocycles. The molecule has 23 heavy (non-hydrogen) atoms. The van der Waals surface area contributed by atoms with Gasteiger partial charge in [-0.1, -0.05) is 6.07 Å². The highest BCUT2D eigenvalue weighted by Gasteiger charge is 2.20. The van der Waals surface area contributed by atoms with Crippen LogP contribution < -0.4 is 14.8 Å². The minimum atomic E-state index is -0.944. The summed E-state index contributed by atoms with van der Waals surface area (Å²) in [5.41, 5.74) is 0.441. The maximum atomic E-state index is 12.2. The maximum Gasteiger partial charge on any atom is 0.349 e. The topological polar surface area (TPSA) is 73.9 Å². The van der Waals surface area contributed by atoms with Gasteiger partial charge in [-0.3, -0.25) is 4.79 Å². The molecule has 0 unspecified atom stereocenters. The summed E-state index contributed by atoms with van der Waals surface area (Å²) in [5.74, 6) is 0.0713. The van der Waals surface area contributed by atoms with E-state index in [1.54, 1.807) is 35.7 Å². The third-order valence-electron chi connectivity index (χ3n) is 3.04. The summed E-state index contributed by atoms with van der Waals surface area (Å²) < 4.78 is 15.5. The Balaban J connectivity index is 2.04. The van der Waals surface area contributed by atoms with E-state index in [9.17, 15) is 9.59 Å². The minimum absolute atomic E-state index is 0.441. The summed E-state index contributed by atoms with van der Waals surface area (Å²) in [4.78, 5) is 24.5. The molecular weight excluding hydrogens is 318 g/mol. The summed E-state index contributed by atoms with van der Waals surface area (Å²) in [7, 11) is 3.02. The van der Waals surface area contributed by atoms with Crippen molar-refractivity contribution in [3.8, 4) is 11.5 Å². The lowest BCUT2D eigenvalue weighted by molar-refractivity contribution is -0.123. The summed E-state index contributed by atoms with van der Waals surface area (Å²) in [6, 6.07) is 8.41. The van der Waals surface area contributed by atoms with Crippen LogP contribution in [0.3, 0.4) is 0 Å². The average molecular weight is 335 g/mol. The lowest BCUT2D eigenvalue weighted by atomic mass is 10.2. The number of carbonyl (C=O) groups excluding carboxylic acids is 2. The molecule has 0 spiro atoms. The quantitative estimate of drug-likeness (QED) is 0.822. The third kappa shape index (κ3) is 4.23. The monoisotopic (exact) mass is 335 g/mol. The summed E-state index contributed by atoms with van der Waals surface area (Å²) in [6.45, 7) is 1.51. The fraction of sp³-hybridized carbons (Fsp3) is 0.250. The smallest absolute Gasteiger partial charge is 0.349 e. The van der Waals surface area contributed by atoms with Crippen molar-refractivity contribution < 1.29 is 23.8 Å². The van der Waals surface area contributed by atoms with Crippen molar-refractivity contribution >= 4 is 28.9 Å². The Hall–Kier alpha value is -2.54. The van der Waals surface area contributed by atoms with Crippen LogP contribution in [0.5, 0.6) is 11.5 Å². The number of thiophene rings is 1. The van der Waals surface area contributed by atoms with Crippen LogP contribution in [0.4, 0.5) is 5.69 Å². The number of carbonyl (C=O) groups is 2. The molecule has 2 rings (SSSR count). The molecule has 7 heteroatoms. The molecule has 1 heterocycles. The summed E-state index contributed by atoms with van der Waals surface area (Å²) in [5, 5.41) is 4.44. The van der Waals surface area contributed by atoms with E-state index in [2.05, 4.69) is 5.32 Å². The van der Waals surface area contributed by atoms with E-state index in [0.717, 1.165) is 0 Å². The number of benzene rings is 1. The Bertz CT molecular complexity index is 684. The highest BCUT2D eigenvalue weighted by Crippen LogP contribution is 2.29. The normalized spacial score (nSPS) is 11.4. The molecule has 2 aromatic rings. The zero-order valence-electron chi connectivity index (χ0n) is 13.0. The van der Waals surface area contributed by atoms with E-state index in [1.165, 1.54) is 32.5 Å². The Labute approximate surface area is 138 Å². The number of esters is 1. The lowest BCUT2D eigenvalue weighted by Gasteiger charge is -2.15. The van der Waals surface area contributed by atoms with Crippen LogP contribution >= 0.6 is 11.3 Å². The van der Waals surface area contributed by atoms with Crippen LogP contribution in [-0.2, 0) is 9.53 Å². The SMILES string of the molecule is COc1ccc(OC)c(NC(=O)[C@H](C)OC(=O)c2cccs2)c1. The molecule has 0 fully saturated rings. The molecule has 0 saturated heterocycles. The molecule has 0 bridgehead atoms. The third-order valence-corrected chi connectivity index (χ3v) is 3.89. The fourth-order valence-corrected chi connectivity index (χ4v) is 2.42. The molecule has 1 N–H and O–H groups in total. The predicted molar refractivity (Wildman–Crippen MR) is 87.4 cm³/mol. The summed E-state index contributed by atoms with van der Waals surface area (Å²) in [6.07, 6.45) is -0.944. The van der Waals surface area contributed by atoms with Gasteiger partial charge in [0.1, 0.15) is 16.4 Å². The van der Waals surface area contributed by atoms with Gasteiger partial charge in [0.2, 0.25) is 0 Å². The van der Waals surface area contributed by atoms with Crippen molar-refractivity contribution in [3.05, 3.63) is 40.6 Å². The van der Waals surface area contributed by atoms with E-state index >= 15 is 0 Å². The van der Waals surface area contributed by atoms with Crippen LogP contribution in [0.25, 0.3) is 0 Å². The highest BCUT2D eigenvalue weighted by atomic mass is 32.1. The maximum absolute atomic E-state index is 12.2. The van der Waals surface area contributed by atoms with Gasteiger partial charge < -0.3 is 19.5 Å². The van der Waals surface area contributed by atoms with Crippen molar-refractivity contribution in [2.24, 2.45) is 0 Å². The van der Waals surface area contributed by atoms with Crippen molar-refractivity contribution in [1.29, 1.82) is 0 Å². The first kappa shape index (κ1) is 16.8. The van der Waals surface area contributed by atoms with Gasteiger partial charge in [-0.25, -0.2) is 4.79 Å². The van der Waals surface area contributed by atoms with Gasteiger partial charge in [-0.05, 0) is 30.5 Å². The summed E-state index contributed by atoms with van der Waals surface area (Å²) >= 11 is 1.26. The molecule has 1 amide bonds. The number of nitrogens with one attached hydrogen (secondary N) is 1. The van der Waals surface area contributed by atoms with Gasteiger partial charge >= 0.3 is 5.97 Å². The molecule has 1 aromatic heterocycles. The van der Waals surface area contributed by atoms with Crippen molar-refractivity contribution in [1.82, 2.24) is 0 Å². The predicted octanol–water partition coefficient (Wildman–Crippen LogP) is 2.95. The first-order valence-corrected chi connectivity index (χ1v) is 7.70. The second-order valence-corrected chi connectivity index (χ2v) is 5.53. The molecule has 0 saturated carbocycles. The number of ether oxygens (including phenoxy) is 3. The zero-order valence-corrected chi connectivity index (χ0v) is 13.8. The molecule has 0 radical (unpaired) electrons. The Morgan fingerprint density at radius 2 is 1.96 bits per heavy atom. The molecule has 1 atom stereocenters. The van der Waals surface area contributed by atoms with Crippen LogP contribution in [-0.4, -0.2) is 32.2 Å². The molecular formula is C16H17NO5S. The fourth-order valence-electron chi connectivity index (χ4n) is 1.81. The largest absolute Gasteiger partial charge is 0.497 e. The van der Waals surface area contributed by atoms with Gasteiger partial charge in [-0.2, -0.15) is 0 Å². The van der Waals surface area contributed by atoms with Crippen molar-refractivity contribution in [2.45, 2.75) is 13.0 Å². The molecule has 6 nitrogen and oxygen atoms in total. The highest BCUT2D eigenvalue weighted by molar-refractivity contribution is 7.11. The van der Waals surface area contributed by atoms with Gasteiger partial charge in [0.15, 0.2) is 6.10 Å². The number of anilines is 1. The van der Waals surface area contributed by atoms with E-state index < -0.39 is 18.0 Å². The van der Waals surface area contributed by atoms with Crippen molar-refractivity contribution in [2.75, 3.05) is 19.5 Å². The Morgan fingerprint density at radius 3 is 2.57 bits per heavy atom. The molecule has 122 valence electrons. The van der Waals surface area contributed by atoms with Gasteiger partial charge in [0, 0.05) is 6.07 Å². The van der Waals surface area contributed by atoms with Crippen LogP contribution in [0, 0.1) is 0 Å². The lowest BCUT2D eigenvalue weighted by Crippen LogP contribution is -2.29. The number of hydrogen-bond acceptors (Lipinski definition) is 6. The van der Waals surface area contributed by atoms with Crippen LogP contribution in [0.15, 0.2) is 35.7 Å². The number of methoxy groups -OCH3 is 2. The van der Waals surface area contributed by atoms with Gasteiger partial charge in [-0.15, -0.1) is 11.3 Å². The molecule has 1 aromatic carbocycles. The number of hydrogen-bond donors (Lipinski definition) is 1. The van der Waals surface area contributed by atoms with E-state index in [0.29, 0.717) is 22.1 Å². The minimum Gasteiger partial charge on any atom is -0.497 e. The van der Waals surface area contributed by atoms with Crippen LogP contribution in [0.1, 0.15) is 16.6 Å². The second-order valence-electron chi connectivity index (χ2n) is 4.58. The Kier molecular flexibility index (Phi) is 5.59. The number of amides is 1. The first-order valence-electron chi connectivity index (χ1n) is 6.82. The van der Waals surface area contributed by atoms with Crippen molar-refractivity contribution in [3.63, 3.8) is 0 Å². The zero-order chi connectivity index (χ0) is 16.8. The van der Waals surface area contributed by atoms with Crippen LogP contribution in [0.2, 0.25) is 0 Å². The van der Waals surface area contributed by atoms with Gasteiger partial charge in [0.05, 0.1) is 19.9 Å². The van der Waals surface area contributed by atoms with E-state index in [4.69, 9.17) is 14.2 Å². The van der Waals surface area contributed by atoms with Gasteiger partial charge in [0.25, 0.3) is 5.91 Å². The standard InChI is InChI=1S/C16H17NO5S/c1-10(22-16(19)14-5-4-8-23-14)15(18)17-12-9-11(20-2)6-7-13(12)21-3/h4-10H,1-3H3,(H,17,18)/t10-/m0/s1. The average Bonchev–Trinajstić information content (AvgIpc) is 3.09. The van der Waals surface area contributed by atoms with E-state index in [-0.39, 0.29) is 0 Å². The molecule has 0 aliphatic carbocycles. The Morgan fingerprint density at radius 1 is 1.17 bits per heavy atom. The van der Waals surface area contributed by atoms with E-state index in [1.807, 2.05) is 0 Å². The second kappa shape index (κ2) is 7.64.